The third-order valence-corrected chi connectivity index (χ3v) is 13.0. The van der Waals surface area contributed by atoms with Crippen LogP contribution in [0.5, 0.6) is 5.75 Å². The number of rotatable bonds is 13. The number of carboxylic acids is 1. The molecule has 0 spiro atoms. The summed E-state index contributed by atoms with van der Waals surface area (Å²) < 4.78 is 24.0. The van der Waals surface area contributed by atoms with Gasteiger partial charge in [-0.1, -0.05) is 88.2 Å². The van der Waals surface area contributed by atoms with Gasteiger partial charge in [-0.3, -0.25) is 14.4 Å². The molecule has 5 atom stereocenters. The van der Waals surface area contributed by atoms with E-state index in [1.807, 2.05) is 44.2 Å². The van der Waals surface area contributed by atoms with Crippen LogP contribution in [-0.4, -0.2) is 61.9 Å². The fraction of sp³-hybridized carbons (Fsp3) is 0.436. The molecule has 0 aliphatic carbocycles. The summed E-state index contributed by atoms with van der Waals surface area (Å²) in [5.74, 6) is -2.54. The normalized spacial score (nSPS) is 20.9. The minimum atomic E-state index is -3.12. The second-order valence-electron chi connectivity index (χ2n) is 14.2. The van der Waals surface area contributed by atoms with Crippen molar-refractivity contribution in [2.24, 2.45) is 15.7 Å². The molecule has 0 aromatic heterocycles. The Hall–Kier alpha value is -3.73. The number of ether oxygens (including phenoxy) is 1. The molecule has 2 amide bonds. The molecule has 274 valence electrons. The average Bonchev–Trinajstić information content (AvgIpc) is 3.05. The van der Waals surface area contributed by atoms with Crippen molar-refractivity contribution in [2.45, 2.75) is 84.1 Å². The van der Waals surface area contributed by atoms with Gasteiger partial charge in [0.15, 0.2) is 0 Å². The van der Waals surface area contributed by atoms with Crippen molar-refractivity contribution in [1.29, 1.82) is 0 Å². The zero-order valence-electron chi connectivity index (χ0n) is 30.0. The maximum absolute atomic E-state index is 15.2. The molecule has 3 aromatic carbocycles. The van der Waals surface area contributed by atoms with Gasteiger partial charge in [0.2, 0.25) is 5.91 Å². The quantitative estimate of drug-likeness (QED) is 0.185. The molecule has 1 fully saturated rings. The van der Waals surface area contributed by atoms with Crippen molar-refractivity contribution in [3.05, 3.63) is 99.0 Å². The lowest BCUT2D eigenvalue weighted by Gasteiger charge is -2.53. The zero-order valence-corrected chi connectivity index (χ0v) is 32.3. The second kappa shape index (κ2) is 16.3. The van der Waals surface area contributed by atoms with Gasteiger partial charge in [-0.15, -0.1) is 0 Å². The summed E-state index contributed by atoms with van der Waals surface area (Å²) in [5, 5.41) is 10.0. The van der Waals surface area contributed by atoms with Crippen LogP contribution in [0.2, 0.25) is 10.0 Å². The number of carbonyl (C=O) groups excluding carboxylic acids is 3. The summed E-state index contributed by atoms with van der Waals surface area (Å²) in [4.78, 5) is 54.8. The molecule has 12 heteroatoms. The molecule has 0 bridgehead atoms. The number of benzene rings is 3. The second-order valence-corrected chi connectivity index (χ2v) is 17.9. The average molecular weight is 758 g/mol. The number of aromatic carboxylic acids is 1. The summed E-state index contributed by atoms with van der Waals surface area (Å²) in [6, 6.07) is 17.9. The summed E-state index contributed by atoms with van der Waals surface area (Å²) in [6.45, 7) is 10.5. The van der Waals surface area contributed by atoms with Crippen LogP contribution in [0.3, 0.4) is 0 Å². The van der Waals surface area contributed by atoms with E-state index in [9.17, 15) is 23.7 Å². The number of nitrogens with zero attached hydrogens (tertiary/aromatic N) is 2. The highest BCUT2D eigenvalue weighted by molar-refractivity contribution is 7.94. The highest BCUT2D eigenvalue weighted by Crippen LogP contribution is 2.53. The molecule has 51 heavy (non-hydrogen) atoms. The Morgan fingerprint density at radius 1 is 1.00 bits per heavy atom. The van der Waals surface area contributed by atoms with Crippen LogP contribution in [0.15, 0.2) is 71.1 Å². The predicted molar refractivity (Wildman–Crippen MR) is 201 cm³/mol. The molecular formula is C39H46Cl2N2O7S. The number of carboxylic acid groups (broad SMARTS) is 1. The highest BCUT2D eigenvalue weighted by Gasteiger charge is 2.53. The summed E-state index contributed by atoms with van der Waals surface area (Å²) in [6.07, 6.45) is 0.0818. The standard InChI is InChI=1S/C39H46Cl2N2O7S/c1-23(2)34(22-51(49,24(3)4)42-25(5)44)43-36(26-13-15-30(40)16-14-26)33(27-9-8-10-31(41)17-27)21-39(6,38(43)48)20-32(45)18-28-11-12-29(37(46)47)19-35(28)50-7/h8-17,19,23-24,33-34,36H,18,20-22H2,1-7H3,(H,46,47)/t33-,34-,36-,39+,51-/m1/s1. The van der Waals surface area contributed by atoms with Crippen molar-refractivity contribution >= 4 is 56.5 Å². The number of Topliss-reactive ketones (excluding diaryl/α,β-unsaturated/α-hetero) is 1. The van der Waals surface area contributed by atoms with Crippen LogP contribution in [0, 0.1) is 11.3 Å². The minimum absolute atomic E-state index is 0.0277. The maximum Gasteiger partial charge on any atom is 0.335 e. The number of hydrogen-bond donors (Lipinski definition) is 1. The van der Waals surface area contributed by atoms with E-state index in [-0.39, 0.29) is 53.4 Å². The van der Waals surface area contributed by atoms with Crippen molar-refractivity contribution in [2.75, 3.05) is 12.9 Å². The highest BCUT2D eigenvalue weighted by atomic mass is 35.5. The topological polar surface area (TPSA) is 130 Å². The molecular weight excluding hydrogens is 711 g/mol. The van der Waals surface area contributed by atoms with E-state index in [1.54, 1.807) is 49.9 Å². The van der Waals surface area contributed by atoms with Gasteiger partial charge < -0.3 is 14.7 Å². The number of carbonyl (C=O) groups is 4. The minimum Gasteiger partial charge on any atom is -0.496 e. The van der Waals surface area contributed by atoms with Gasteiger partial charge in [0.05, 0.1) is 39.6 Å². The van der Waals surface area contributed by atoms with E-state index in [2.05, 4.69) is 4.36 Å². The number of methoxy groups -OCH3 is 1. The first-order valence-corrected chi connectivity index (χ1v) is 19.4. The zero-order chi connectivity index (χ0) is 37.8. The maximum atomic E-state index is 15.2. The molecule has 1 aliphatic heterocycles. The Kier molecular flexibility index (Phi) is 12.8. The summed E-state index contributed by atoms with van der Waals surface area (Å²) in [7, 11) is -1.72. The molecule has 9 nitrogen and oxygen atoms in total. The molecule has 1 N–H and O–H groups in total. The van der Waals surface area contributed by atoms with Crippen LogP contribution < -0.4 is 4.74 Å². The Bertz CT molecular complexity index is 1920. The lowest BCUT2D eigenvalue weighted by atomic mass is 9.66. The number of hydrogen-bond acceptors (Lipinski definition) is 6. The smallest absolute Gasteiger partial charge is 0.335 e. The Balaban J connectivity index is 1.90. The Morgan fingerprint density at radius 2 is 1.67 bits per heavy atom. The predicted octanol–water partition coefficient (Wildman–Crippen LogP) is 8.41. The van der Waals surface area contributed by atoms with Crippen LogP contribution in [0.25, 0.3) is 0 Å². The van der Waals surface area contributed by atoms with E-state index in [4.69, 9.17) is 27.9 Å². The van der Waals surface area contributed by atoms with Crippen LogP contribution in [-0.2, 0) is 30.5 Å². The molecule has 0 unspecified atom stereocenters. The van der Waals surface area contributed by atoms with E-state index >= 15 is 4.79 Å². The van der Waals surface area contributed by atoms with Crippen molar-refractivity contribution in [3.63, 3.8) is 0 Å². The largest absolute Gasteiger partial charge is 0.496 e. The van der Waals surface area contributed by atoms with Crippen molar-refractivity contribution < 1.29 is 33.2 Å². The van der Waals surface area contributed by atoms with Gasteiger partial charge in [0.1, 0.15) is 11.5 Å². The first-order valence-electron chi connectivity index (χ1n) is 16.9. The lowest BCUT2D eigenvalue weighted by molar-refractivity contribution is -0.157. The molecule has 1 aliphatic rings. The van der Waals surface area contributed by atoms with Crippen molar-refractivity contribution in [1.82, 2.24) is 4.90 Å². The molecule has 0 saturated carbocycles. The number of amides is 2. The van der Waals surface area contributed by atoms with Crippen molar-refractivity contribution in [3.8, 4) is 5.75 Å². The van der Waals surface area contributed by atoms with Gasteiger partial charge in [0.25, 0.3) is 5.91 Å². The van der Waals surface area contributed by atoms with Crippen LogP contribution in [0.4, 0.5) is 0 Å². The SMILES string of the molecule is COc1cc(C(=O)O)ccc1CC(=O)C[C@@]1(C)C[C@H](c2cccc(Cl)c2)[C@@H](c2ccc(Cl)cc2)N([C@H](C[S@](=O)(=NC(C)=O)C(C)C)C(C)C)C1=O. The van der Waals surface area contributed by atoms with Crippen LogP contribution >= 0.6 is 23.2 Å². The fourth-order valence-electron chi connectivity index (χ4n) is 7.04. The molecule has 0 radical (unpaired) electrons. The van der Waals surface area contributed by atoms with Gasteiger partial charge in [-0.2, -0.15) is 4.36 Å². The number of piperidine rings is 1. The Labute approximate surface area is 310 Å². The third kappa shape index (κ3) is 9.20. The molecule has 4 rings (SSSR count). The molecule has 1 saturated heterocycles. The third-order valence-electron chi connectivity index (χ3n) is 9.66. The van der Waals surface area contributed by atoms with Gasteiger partial charge >= 0.3 is 5.97 Å². The number of ketones is 1. The van der Waals surface area contributed by atoms with Gasteiger partial charge in [-0.05, 0) is 59.9 Å². The van der Waals surface area contributed by atoms with E-state index in [0.29, 0.717) is 22.0 Å². The van der Waals surface area contributed by atoms with E-state index in [0.717, 1.165) is 11.1 Å². The summed E-state index contributed by atoms with van der Waals surface area (Å²) in [5.41, 5.74) is 0.985. The fourth-order valence-corrected chi connectivity index (χ4v) is 9.50. The van der Waals surface area contributed by atoms with Gasteiger partial charge in [-0.25, -0.2) is 9.00 Å². The molecule has 3 aromatic rings. The first-order chi connectivity index (χ1) is 23.9. The first kappa shape index (κ1) is 40.0. The number of likely N-dealkylation sites (tertiary alicyclic amines) is 1. The monoisotopic (exact) mass is 756 g/mol. The van der Waals surface area contributed by atoms with Gasteiger partial charge in [0, 0.05) is 52.6 Å². The lowest BCUT2D eigenvalue weighted by Crippen LogP contribution is -2.59. The number of halogens is 2. The van der Waals surface area contributed by atoms with Crippen LogP contribution in [0.1, 0.15) is 93.4 Å². The summed E-state index contributed by atoms with van der Waals surface area (Å²) >= 11 is 12.9. The Morgan fingerprint density at radius 3 is 2.22 bits per heavy atom. The van der Waals surface area contributed by atoms with E-state index in [1.165, 1.54) is 26.2 Å². The molecule has 1 heterocycles. The van der Waals surface area contributed by atoms with E-state index < -0.39 is 44.4 Å².